The Morgan fingerprint density at radius 3 is 2.22 bits per heavy atom. The molecule has 0 amide bonds. The van der Waals surface area contributed by atoms with Crippen LogP contribution in [-0.4, -0.2) is 22.9 Å². The van der Waals surface area contributed by atoms with Crippen LogP contribution in [0.1, 0.15) is 31.9 Å². The molecule has 0 aliphatic carbocycles. The molecule has 0 spiro atoms. The first-order valence-corrected chi connectivity index (χ1v) is 8.17. The summed E-state index contributed by atoms with van der Waals surface area (Å²) in [5.74, 6) is -0.0296. The van der Waals surface area contributed by atoms with Gasteiger partial charge in [-0.25, -0.2) is 8.42 Å². The van der Waals surface area contributed by atoms with Gasteiger partial charge in [-0.15, -0.1) is 0 Å². The number of aliphatic hydroxyl groups is 1. The first kappa shape index (κ1) is 15.5. The second-order valence-electron chi connectivity index (χ2n) is 4.11. The Bertz CT molecular complexity index is 501. The van der Waals surface area contributed by atoms with E-state index in [0.717, 1.165) is 0 Å². The Balaban J connectivity index is 3.21. The molecule has 4 nitrogen and oxygen atoms in total. The lowest BCUT2D eigenvalue weighted by molar-refractivity contribution is 0.160. The predicted octanol–water partition coefficient (Wildman–Crippen LogP) is 2.24. The second-order valence-corrected chi connectivity index (χ2v) is 8.59. The second kappa shape index (κ2) is 5.59. The normalized spacial score (nSPS) is 17.1. The maximum absolute atomic E-state index is 12.1. The summed E-state index contributed by atoms with van der Waals surface area (Å²) >= 11 is 3.22. The van der Waals surface area contributed by atoms with Crippen LogP contribution in [0.5, 0.6) is 0 Å². The molecule has 18 heavy (non-hydrogen) atoms. The zero-order valence-corrected chi connectivity index (χ0v) is 12.8. The van der Waals surface area contributed by atoms with Crippen molar-refractivity contribution >= 4 is 31.5 Å². The van der Waals surface area contributed by atoms with E-state index in [1.807, 2.05) is 0 Å². The van der Waals surface area contributed by atoms with Crippen molar-refractivity contribution in [1.82, 2.24) is 0 Å². The third-order valence-corrected chi connectivity index (χ3v) is 7.82. The summed E-state index contributed by atoms with van der Waals surface area (Å²) in [6.07, 6.45) is -0.859. The van der Waals surface area contributed by atoms with Gasteiger partial charge in [0.2, 0.25) is 0 Å². The molecule has 2 atom stereocenters. The van der Waals surface area contributed by atoms with Crippen molar-refractivity contribution in [1.29, 1.82) is 0 Å². The van der Waals surface area contributed by atoms with Gasteiger partial charge in [0.05, 0.1) is 0 Å². The SMILES string of the molecule is CC[C@](Br)([C@H](O)c1ccc(N)cc1)S(=O)(=O)CC. The van der Waals surface area contributed by atoms with Crippen molar-refractivity contribution < 1.29 is 13.5 Å². The molecular formula is C12H18BrNO3S. The Morgan fingerprint density at radius 1 is 1.33 bits per heavy atom. The first-order valence-electron chi connectivity index (χ1n) is 5.73. The summed E-state index contributed by atoms with van der Waals surface area (Å²) in [6.45, 7) is 3.29. The lowest BCUT2D eigenvalue weighted by Gasteiger charge is -2.31. The van der Waals surface area contributed by atoms with Crippen molar-refractivity contribution in [3.8, 4) is 0 Å². The van der Waals surface area contributed by atoms with Crippen LogP contribution in [0.15, 0.2) is 24.3 Å². The molecule has 0 saturated carbocycles. The highest BCUT2D eigenvalue weighted by Crippen LogP contribution is 2.42. The molecule has 0 fully saturated rings. The van der Waals surface area contributed by atoms with Crippen molar-refractivity contribution in [2.24, 2.45) is 0 Å². The minimum Gasteiger partial charge on any atom is -0.399 e. The smallest absolute Gasteiger partial charge is 0.168 e. The highest BCUT2D eigenvalue weighted by molar-refractivity contribution is 9.11. The zero-order chi connectivity index (χ0) is 14.0. The number of halogens is 1. The van der Waals surface area contributed by atoms with Gasteiger partial charge in [-0.05, 0) is 24.1 Å². The maximum atomic E-state index is 12.1. The summed E-state index contributed by atoms with van der Waals surface area (Å²) in [6, 6.07) is 6.55. The lowest BCUT2D eigenvalue weighted by Crippen LogP contribution is -2.39. The predicted molar refractivity (Wildman–Crippen MR) is 77.2 cm³/mol. The average Bonchev–Trinajstić information content (AvgIpc) is 2.37. The molecule has 1 aromatic carbocycles. The van der Waals surface area contributed by atoms with E-state index in [1.165, 1.54) is 0 Å². The first-order chi connectivity index (χ1) is 8.28. The monoisotopic (exact) mass is 335 g/mol. The zero-order valence-electron chi connectivity index (χ0n) is 10.4. The molecule has 0 heterocycles. The van der Waals surface area contributed by atoms with E-state index in [-0.39, 0.29) is 12.2 Å². The number of aliphatic hydroxyl groups excluding tert-OH is 1. The Kier molecular flexibility index (Phi) is 4.80. The summed E-state index contributed by atoms with van der Waals surface area (Å²) in [5, 5.41) is 10.3. The van der Waals surface area contributed by atoms with Gasteiger partial charge in [0.1, 0.15) is 6.10 Å². The molecule has 3 N–H and O–H groups in total. The minimum absolute atomic E-state index is 0.0296. The molecule has 1 rings (SSSR count). The standard InChI is InChI=1S/C12H18BrNO3S/c1-3-12(13,18(16,17)4-2)11(15)9-5-7-10(14)8-6-9/h5-8,11,15H,3-4,14H2,1-2H3/t11-,12-/m1/s1. The third kappa shape index (κ3) is 2.70. The fraction of sp³-hybridized carbons (Fsp3) is 0.500. The minimum atomic E-state index is -3.43. The number of nitrogens with two attached hydrogens (primary N) is 1. The third-order valence-electron chi connectivity index (χ3n) is 3.04. The topological polar surface area (TPSA) is 80.4 Å². The summed E-state index contributed by atoms with van der Waals surface area (Å²) in [7, 11) is -3.43. The molecule has 0 bridgehead atoms. The van der Waals surface area contributed by atoms with Crippen LogP contribution in [0.4, 0.5) is 5.69 Å². The molecule has 1 aromatic rings. The van der Waals surface area contributed by atoms with Crippen molar-refractivity contribution in [3.05, 3.63) is 29.8 Å². The summed E-state index contributed by atoms with van der Waals surface area (Å²) < 4.78 is 22.8. The molecule has 0 aliphatic heterocycles. The van der Waals surface area contributed by atoms with Crippen LogP contribution in [0.3, 0.4) is 0 Å². The van der Waals surface area contributed by atoms with Crippen LogP contribution in [0.2, 0.25) is 0 Å². The molecular weight excluding hydrogens is 318 g/mol. The van der Waals surface area contributed by atoms with Gasteiger partial charge in [0, 0.05) is 11.4 Å². The molecule has 0 aromatic heterocycles. The van der Waals surface area contributed by atoms with Crippen LogP contribution in [0.25, 0.3) is 0 Å². The van der Waals surface area contributed by atoms with Crippen molar-refractivity contribution in [2.45, 2.75) is 30.0 Å². The van der Waals surface area contributed by atoms with Crippen LogP contribution >= 0.6 is 15.9 Å². The van der Waals surface area contributed by atoms with Crippen molar-refractivity contribution in [3.63, 3.8) is 0 Å². The molecule has 6 heteroatoms. The fourth-order valence-corrected chi connectivity index (χ4v) is 4.10. The van der Waals surface area contributed by atoms with E-state index < -0.39 is 19.6 Å². The van der Waals surface area contributed by atoms with Gasteiger partial charge < -0.3 is 10.8 Å². The van der Waals surface area contributed by atoms with Crippen LogP contribution in [0, 0.1) is 0 Å². The van der Waals surface area contributed by atoms with Crippen LogP contribution < -0.4 is 5.73 Å². The highest BCUT2D eigenvalue weighted by atomic mass is 79.9. The Morgan fingerprint density at radius 2 is 1.83 bits per heavy atom. The number of sulfone groups is 1. The van der Waals surface area contributed by atoms with Gasteiger partial charge in [0.25, 0.3) is 0 Å². The molecule has 0 radical (unpaired) electrons. The largest absolute Gasteiger partial charge is 0.399 e. The number of anilines is 1. The number of hydrogen-bond acceptors (Lipinski definition) is 4. The molecule has 0 aliphatic rings. The average molecular weight is 336 g/mol. The van der Waals surface area contributed by atoms with Gasteiger partial charge in [-0.1, -0.05) is 41.9 Å². The summed E-state index contributed by atoms with van der Waals surface area (Å²) in [5.41, 5.74) is 6.67. The highest BCUT2D eigenvalue weighted by Gasteiger charge is 2.45. The Hall–Kier alpha value is -0.590. The lowest BCUT2D eigenvalue weighted by atomic mass is 10.0. The quantitative estimate of drug-likeness (QED) is 0.638. The van der Waals surface area contributed by atoms with Crippen molar-refractivity contribution in [2.75, 3.05) is 11.5 Å². The number of rotatable bonds is 5. The number of alkyl halides is 1. The van der Waals surface area contributed by atoms with Gasteiger partial charge in [-0.3, -0.25) is 0 Å². The molecule has 0 saturated heterocycles. The van der Waals surface area contributed by atoms with Gasteiger partial charge in [0.15, 0.2) is 13.5 Å². The number of hydrogen-bond donors (Lipinski definition) is 2. The van der Waals surface area contributed by atoms with Gasteiger partial charge >= 0.3 is 0 Å². The fourth-order valence-electron chi connectivity index (χ4n) is 1.75. The Labute approximate surface area is 116 Å². The van der Waals surface area contributed by atoms with E-state index in [1.54, 1.807) is 38.1 Å². The molecule has 102 valence electrons. The maximum Gasteiger partial charge on any atom is 0.168 e. The van der Waals surface area contributed by atoms with Gasteiger partial charge in [-0.2, -0.15) is 0 Å². The number of nitrogen functional groups attached to an aromatic ring is 1. The number of benzene rings is 1. The van der Waals surface area contributed by atoms with Crippen LogP contribution in [-0.2, 0) is 9.84 Å². The van der Waals surface area contributed by atoms with E-state index in [4.69, 9.17) is 5.73 Å². The van der Waals surface area contributed by atoms with E-state index in [0.29, 0.717) is 11.3 Å². The van der Waals surface area contributed by atoms with E-state index in [9.17, 15) is 13.5 Å². The van der Waals surface area contributed by atoms with E-state index >= 15 is 0 Å². The molecule has 0 unspecified atom stereocenters. The van der Waals surface area contributed by atoms with E-state index in [2.05, 4.69) is 15.9 Å². The summed E-state index contributed by atoms with van der Waals surface area (Å²) in [4.78, 5) is 0.